The number of halogens is 2. The highest BCUT2D eigenvalue weighted by Crippen LogP contribution is 2.43. The molecule has 0 bridgehead atoms. The van der Waals surface area contributed by atoms with Crippen LogP contribution in [0.15, 0.2) is 10.5 Å². The van der Waals surface area contributed by atoms with E-state index in [1.807, 2.05) is 0 Å². The zero-order valence-corrected chi connectivity index (χ0v) is 11.2. The largest absolute Gasteiger partial charge is 0.504 e. The Morgan fingerprint density at radius 3 is 2.94 bits per heavy atom. The summed E-state index contributed by atoms with van der Waals surface area (Å²) < 4.78 is 19.0. The summed E-state index contributed by atoms with van der Waals surface area (Å²) in [5.74, 6) is -0.0660. The first kappa shape index (κ1) is 12.6. The third kappa shape index (κ3) is 2.40. The average molecular weight is 304 g/mol. The number of phenols is 1. The maximum Gasteiger partial charge on any atom is 0.163 e. The lowest BCUT2D eigenvalue weighted by atomic mass is 9.90. The molecule has 2 N–H and O–H groups in total. The van der Waals surface area contributed by atoms with E-state index in [0.717, 1.165) is 25.9 Å². The van der Waals surface area contributed by atoms with Gasteiger partial charge in [0, 0.05) is 24.1 Å². The number of ether oxygens (including phenoxy) is 1. The highest BCUT2D eigenvalue weighted by atomic mass is 79.9. The summed E-state index contributed by atoms with van der Waals surface area (Å²) in [7, 11) is 1.42. The Bertz CT molecular complexity index is 419. The van der Waals surface area contributed by atoms with E-state index in [2.05, 4.69) is 21.2 Å². The van der Waals surface area contributed by atoms with Gasteiger partial charge in [0.25, 0.3) is 0 Å². The number of phenolic OH excluding ortho intramolecular Hbond substituents is 1. The molecule has 1 heterocycles. The molecule has 17 heavy (non-hydrogen) atoms. The first-order valence-electron chi connectivity index (χ1n) is 5.60. The third-order valence-electron chi connectivity index (χ3n) is 3.12. The van der Waals surface area contributed by atoms with Gasteiger partial charge in [0.2, 0.25) is 0 Å². The lowest BCUT2D eigenvalue weighted by Crippen LogP contribution is -2.28. The normalized spacial score (nSPS) is 20.3. The van der Waals surface area contributed by atoms with Gasteiger partial charge in [-0.1, -0.05) is 0 Å². The fraction of sp³-hybridized carbons (Fsp3) is 0.500. The molecule has 1 aromatic rings. The van der Waals surface area contributed by atoms with E-state index >= 15 is 0 Å². The van der Waals surface area contributed by atoms with Gasteiger partial charge in [0.15, 0.2) is 11.5 Å². The third-order valence-corrected chi connectivity index (χ3v) is 3.92. The number of hydrogen-bond acceptors (Lipinski definition) is 3. The van der Waals surface area contributed by atoms with E-state index < -0.39 is 5.82 Å². The van der Waals surface area contributed by atoms with E-state index in [0.29, 0.717) is 10.0 Å². The second-order valence-corrected chi connectivity index (χ2v) is 4.97. The van der Waals surface area contributed by atoms with Gasteiger partial charge in [-0.25, -0.2) is 4.39 Å². The quantitative estimate of drug-likeness (QED) is 0.883. The van der Waals surface area contributed by atoms with E-state index in [9.17, 15) is 9.50 Å². The highest BCUT2D eigenvalue weighted by Gasteiger charge is 2.25. The molecule has 1 atom stereocenters. The smallest absolute Gasteiger partial charge is 0.163 e. The molecular formula is C12H15BrFNO2. The second-order valence-electron chi connectivity index (χ2n) is 4.18. The SMILES string of the molecule is COc1cc(F)c(Br)c(C2CCCNC2)c1O. The Balaban J connectivity index is 2.46. The van der Waals surface area contributed by atoms with Crippen LogP contribution in [0.2, 0.25) is 0 Å². The Labute approximate surface area is 108 Å². The number of piperidine rings is 1. The molecule has 1 aliphatic rings. The lowest BCUT2D eigenvalue weighted by molar-refractivity contribution is 0.358. The van der Waals surface area contributed by atoms with Crippen molar-refractivity contribution in [1.82, 2.24) is 5.32 Å². The Hall–Kier alpha value is -0.810. The average Bonchev–Trinajstić information content (AvgIpc) is 2.35. The Kier molecular flexibility index (Phi) is 3.89. The molecule has 2 rings (SSSR count). The van der Waals surface area contributed by atoms with Crippen LogP contribution < -0.4 is 10.1 Å². The molecule has 1 fully saturated rings. The molecule has 0 radical (unpaired) electrons. The Morgan fingerprint density at radius 2 is 2.35 bits per heavy atom. The van der Waals surface area contributed by atoms with Crippen molar-refractivity contribution in [2.24, 2.45) is 0 Å². The van der Waals surface area contributed by atoms with Gasteiger partial charge in [-0.15, -0.1) is 0 Å². The molecule has 94 valence electrons. The number of nitrogens with one attached hydrogen (secondary N) is 1. The predicted octanol–water partition coefficient (Wildman–Crippen LogP) is 2.77. The molecule has 0 saturated carbocycles. The Morgan fingerprint density at radius 1 is 1.59 bits per heavy atom. The fourth-order valence-corrected chi connectivity index (χ4v) is 2.86. The van der Waals surface area contributed by atoms with E-state index in [4.69, 9.17) is 4.74 Å². The first-order valence-corrected chi connectivity index (χ1v) is 6.40. The predicted molar refractivity (Wildman–Crippen MR) is 67.2 cm³/mol. The van der Waals surface area contributed by atoms with Gasteiger partial charge in [-0.2, -0.15) is 0 Å². The van der Waals surface area contributed by atoms with Gasteiger partial charge in [0.1, 0.15) is 5.82 Å². The highest BCUT2D eigenvalue weighted by molar-refractivity contribution is 9.10. The molecule has 3 nitrogen and oxygen atoms in total. The number of benzene rings is 1. The van der Waals surface area contributed by atoms with Gasteiger partial charge >= 0.3 is 0 Å². The molecule has 0 amide bonds. The minimum Gasteiger partial charge on any atom is -0.504 e. The second kappa shape index (κ2) is 5.23. The van der Waals surface area contributed by atoms with Crippen molar-refractivity contribution in [2.45, 2.75) is 18.8 Å². The molecule has 1 aromatic carbocycles. The van der Waals surface area contributed by atoms with Crippen molar-refractivity contribution in [2.75, 3.05) is 20.2 Å². The van der Waals surface area contributed by atoms with Crippen LogP contribution in [-0.4, -0.2) is 25.3 Å². The number of aromatic hydroxyl groups is 1. The summed E-state index contributed by atoms with van der Waals surface area (Å²) in [4.78, 5) is 0. The fourth-order valence-electron chi connectivity index (χ4n) is 2.24. The van der Waals surface area contributed by atoms with Gasteiger partial charge < -0.3 is 15.2 Å². The van der Waals surface area contributed by atoms with Crippen LogP contribution in [-0.2, 0) is 0 Å². The zero-order valence-electron chi connectivity index (χ0n) is 9.59. The van der Waals surface area contributed by atoms with Crippen LogP contribution >= 0.6 is 15.9 Å². The topological polar surface area (TPSA) is 41.5 Å². The lowest BCUT2D eigenvalue weighted by Gasteiger charge is -2.25. The van der Waals surface area contributed by atoms with Crippen LogP contribution in [0.3, 0.4) is 0 Å². The van der Waals surface area contributed by atoms with Crippen LogP contribution in [0.5, 0.6) is 11.5 Å². The molecule has 1 saturated heterocycles. The first-order chi connectivity index (χ1) is 8.15. The van der Waals surface area contributed by atoms with Crippen LogP contribution in [0, 0.1) is 5.82 Å². The van der Waals surface area contributed by atoms with Gasteiger partial charge in [-0.05, 0) is 35.3 Å². The van der Waals surface area contributed by atoms with Crippen molar-refractivity contribution in [1.29, 1.82) is 0 Å². The standard InChI is InChI=1S/C12H15BrFNO2/c1-17-9-5-8(14)11(13)10(12(9)16)7-3-2-4-15-6-7/h5,7,15-16H,2-4,6H2,1H3. The summed E-state index contributed by atoms with van der Waals surface area (Å²) in [5.41, 5.74) is 0.606. The molecule has 1 unspecified atom stereocenters. The van der Waals surface area contributed by atoms with Crippen molar-refractivity contribution in [3.8, 4) is 11.5 Å². The molecule has 5 heteroatoms. The van der Waals surface area contributed by atoms with Crippen LogP contribution in [0.25, 0.3) is 0 Å². The van der Waals surface area contributed by atoms with Gasteiger partial charge in [-0.3, -0.25) is 0 Å². The van der Waals surface area contributed by atoms with E-state index in [1.54, 1.807) is 0 Å². The summed E-state index contributed by atoms with van der Waals surface area (Å²) in [5, 5.41) is 13.3. The monoisotopic (exact) mass is 303 g/mol. The minimum absolute atomic E-state index is 0.0366. The summed E-state index contributed by atoms with van der Waals surface area (Å²) >= 11 is 3.21. The van der Waals surface area contributed by atoms with Crippen LogP contribution in [0.4, 0.5) is 4.39 Å². The molecule has 0 aromatic heterocycles. The van der Waals surface area contributed by atoms with Crippen molar-refractivity contribution < 1.29 is 14.2 Å². The van der Waals surface area contributed by atoms with Crippen molar-refractivity contribution >= 4 is 15.9 Å². The van der Waals surface area contributed by atoms with Gasteiger partial charge in [0.05, 0.1) is 11.6 Å². The molecule has 0 spiro atoms. The summed E-state index contributed by atoms with van der Waals surface area (Å²) in [6, 6.07) is 1.19. The number of rotatable bonds is 2. The van der Waals surface area contributed by atoms with E-state index in [-0.39, 0.29) is 17.4 Å². The van der Waals surface area contributed by atoms with Crippen molar-refractivity contribution in [3.63, 3.8) is 0 Å². The maximum atomic E-state index is 13.7. The zero-order chi connectivity index (χ0) is 12.4. The molecule has 1 aliphatic heterocycles. The summed E-state index contributed by atoms with van der Waals surface area (Å²) in [6.07, 6.45) is 1.96. The number of hydrogen-bond donors (Lipinski definition) is 2. The van der Waals surface area contributed by atoms with Crippen molar-refractivity contribution in [3.05, 3.63) is 21.9 Å². The van der Waals surface area contributed by atoms with E-state index in [1.165, 1.54) is 13.2 Å². The summed E-state index contributed by atoms with van der Waals surface area (Å²) in [6.45, 7) is 1.72. The number of methoxy groups -OCH3 is 1. The van der Waals surface area contributed by atoms with Crippen LogP contribution in [0.1, 0.15) is 24.3 Å². The molecular weight excluding hydrogens is 289 g/mol. The molecule has 0 aliphatic carbocycles. The maximum absolute atomic E-state index is 13.7. The minimum atomic E-state index is -0.403.